The van der Waals surface area contributed by atoms with E-state index in [1.54, 1.807) is 6.20 Å². The van der Waals surface area contributed by atoms with E-state index in [2.05, 4.69) is 22.1 Å². The maximum atomic E-state index is 11.3. The number of hydrogen-bond donors (Lipinski definition) is 1. The Kier molecular flexibility index (Phi) is 3.33. The molecule has 1 aromatic heterocycles. The van der Waals surface area contributed by atoms with E-state index in [9.17, 15) is 9.90 Å². The molecule has 0 saturated heterocycles. The standard InChI is InChI=1S/C15H15N3O2/c19-15(20)13-14(17-8-7-16-13)18-9-3-6-11-4-1-2-5-12(11)10-18/h1-2,4-5,7-8H,3,6,9-10H2,(H,19,20). The SMILES string of the molecule is O=C(O)c1nccnc1N1CCCc2ccccc2C1. The Morgan fingerprint density at radius 3 is 2.70 bits per heavy atom. The first-order valence-corrected chi connectivity index (χ1v) is 6.62. The summed E-state index contributed by atoms with van der Waals surface area (Å²) < 4.78 is 0. The highest BCUT2D eigenvalue weighted by Gasteiger charge is 2.21. The van der Waals surface area contributed by atoms with E-state index in [1.807, 2.05) is 17.0 Å². The lowest BCUT2D eigenvalue weighted by Gasteiger charge is -2.22. The van der Waals surface area contributed by atoms with Crippen LogP contribution in [0.2, 0.25) is 0 Å². The van der Waals surface area contributed by atoms with Gasteiger partial charge in [0.15, 0.2) is 11.5 Å². The van der Waals surface area contributed by atoms with E-state index in [4.69, 9.17) is 0 Å². The van der Waals surface area contributed by atoms with Gasteiger partial charge in [0.2, 0.25) is 0 Å². The molecule has 0 fully saturated rings. The van der Waals surface area contributed by atoms with Crippen molar-refractivity contribution in [2.75, 3.05) is 11.4 Å². The average Bonchev–Trinajstić information content (AvgIpc) is 2.69. The average molecular weight is 269 g/mol. The van der Waals surface area contributed by atoms with Crippen molar-refractivity contribution in [2.45, 2.75) is 19.4 Å². The number of fused-ring (bicyclic) bond motifs is 1. The number of carboxylic acids is 1. The monoisotopic (exact) mass is 269 g/mol. The van der Waals surface area contributed by atoms with Crippen molar-refractivity contribution in [1.29, 1.82) is 0 Å². The number of anilines is 1. The van der Waals surface area contributed by atoms with Gasteiger partial charge in [0.1, 0.15) is 0 Å². The second-order valence-corrected chi connectivity index (χ2v) is 4.83. The molecule has 1 aliphatic rings. The van der Waals surface area contributed by atoms with Gasteiger partial charge in [-0.2, -0.15) is 0 Å². The van der Waals surface area contributed by atoms with Crippen molar-refractivity contribution in [3.63, 3.8) is 0 Å². The third kappa shape index (κ3) is 2.34. The highest BCUT2D eigenvalue weighted by Crippen LogP contribution is 2.24. The van der Waals surface area contributed by atoms with Crippen LogP contribution in [0.1, 0.15) is 28.0 Å². The van der Waals surface area contributed by atoms with E-state index < -0.39 is 5.97 Å². The maximum Gasteiger partial charge on any atom is 0.358 e. The molecular formula is C15H15N3O2. The Hall–Kier alpha value is -2.43. The van der Waals surface area contributed by atoms with Crippen LogP contribution < -0.4 is 4.90 Å². The van der Waals surface area contributed by atoms with E-state index in [0.717, 1.165) is 19.4 Å². The smallest absolute Gasteiger partial charge is 0.358 e. The highest BCUT2D eigenvalue weighted by molar-refractivity contribution is 5.90. The molecule has 1 N–H and O–H groups in total. The topological polar surface area (TPSA) is 66.3 Å². The molecule has 1 aromatic carbocycles. The van der Waals surface area contributed by atoms with Crippen LogP contribution in [0, 0.1) is 0 Å². The molecule has 0 amide bonds. The fourth-order valence-electron chi connectivity index (χ4n) is 2.59. The van der Waals surface area contributed by atoms with E-state index in [0.29, 0.717) is 12.4 Å². The number of carbonyl (C=O) groups is 1. The number of carboxylic acid groups (broad SMARTS) is 1. The van der Waals surface area contributed by atoms with Crippen LogP contribution in [0.25, 0.3) is 0 Å². The fraction of sp³-hybridized carbons (Fsp3) is 0.267. The molecule has 0 bridgehead atoms. The van der Waals surface area contributed by atoms with Gasteiger partial charge in [0.05, 0.1) is 0 Å². The number of aryl methyl sites for hydroxylation is 1. The summed E-state index contributed by atoms with van der Waals surface area (Å²) in [6.45, 7) is 1.46. The molecule has 0 unspecified atom stereocenters. The largest absolute Gasteiger partial charge is 0.476 e. The Morgan fingerprint density at radius 1 is 1.15 bits per heavy atom. The van der Waals surface area contributed by atoms with Gasteiger partial charge in [-0.1, -0.05) is 24.3 Å². The van der Waals surface area contributed by atoms with Crippen molar-refractivity contribution in [1.82, 2.24) is 9.97 Å². The van der Waals surface area contributed by atoms with Crippen LogP contribution in [0.5, 0.6) is 0 Å². The van der Waals surface area contributed by atoms with Gasteiger partial charge < -0.3 is 10.0 Å². The predicted molar refractivity (Wildman–Crippen MR) is 74.8 cm³/mol. The fourth-order valence-corrected chi connectivity index (χ4v) is 2.59. The maximum absolute atomic E-state index is 11.3. The van der Waals surface area contributed by atoms with Crippen LogP contribution in [0.4, 0.5) is 5.82 Å². The molecule has 3 rings (SSSR count). The zero-order valence-corrected chi connectivity index (χ0v) is 11.0. The van der Waals surface area contributed by atoms with Gasteiger partial charge in [-0.3, -0.25) is 0 Å². The summed E-state index contributed by atoms with van der Waals surface area (Å²) in [4.78, 5) is 21.4. The molecule has 0 saturated carbocycles. The molecule has 0 atom stereocenters. The Bertz CT molecular complexity index is 643. The predicted octanol–water partition coefficient (Wildman–Crippen LogP) is 2.13. The highest BCUT2D eigenvalue weighted by atomic mass is 16.4. The summed E-state index contributed by atoms with van der Waals surface area (Å²) in [6, 6.07) is 8.27. The Balaban J connectivity index is 1.98. The zero-order valence-electron chi connectivity index (χ0n) is 11.0. The first-order valence-electron chi connectivity index (χ1n) is 6.62. The summed E-state index contributed by atoms with van der Waals surface area (Å²) in [5, 5.41) is 9.23. The molecule has 0 spiro atoms. The summed E-state index contributed by atoms with van der Waals surface area (Å²) >= 11 is 0. The zero-order chi connectivity index (χ0) is 13.9. The molecule has 5 heteroatoms. The number of nitrogens with zero attached hydrogens (tertiary/aromatic N) is 3. The number of hydrogen-bond acceptors (Lipinski definition) is 4. The van der Waals surface area contributed by atoms with Crippen LogP contribution in [-0.4, -0.2) is 27.6 Å². The molecule has 0 radical (unpaired) electrons. The van der Waals surface area contributed by atoms with Gasteiger partial charge in [-0.25, -0.2) is 14.8 Å². The van der Waals surface area contributed by atoms with E-state index >= 15 is 0 Å². The third-order valence-corrected chi connectivity index (χ3v) is 3.53. The van der Waals surface area contributed by atoms with Crippen molar-refractivity contribution in [2.24, 2.45) is 0 Å². The Labute approximate surface area is 116 Å². The number of aromatic nitrogens is 2. The van der Waals surface area contributed by atoms with Crippen LogP contribution in [-0.2, 0) is 13.0 Å². The summed E-state index contributed by atoms with van der Waals surface area (Å²) in [5.74, 6) is -0.581. The molecule has 1 aliphatic heterocycles. The lowest BCUT2D eigenvalue weighted by atomic mass is 10.0. The minimum atomic E-state index is -1.04. The molecule has 0 aliphatic carbocycles. The summed E-state index contributed by atoms with van der Waals surface area (Å²) in [7, 11) is 0. The lowest BCUT2D eigenvalue weighted by Crippen LogP contribution is -2.26. The van der Waals surface area contributed by atoms with Crippen molar-refractivity contribution < 1.29 is 9.90 Å². The van der Waals surface area contributed by atoms with Crippen LogP contribution in [0.3, 0.4) is 0 Å². The minimum absolute atomic E-state index is 0.0203. The van der Waals surface area contributed by atoms with E-state index in [1.165, 1.54) is 17.3 Å². The molecule has 20 heavy (non-hydrogen) atoms. The Morgan fingerprint density at radius 2 is 1.90 bits per heavy atom. The van der Waals surface area contributed by atoms with Crippen molar-refractivity contribution in [3.8, 4) is 0 Å². The summed E-state index contributed by atoms with van der Waals surface area (Å²) in [6.07, 6.45) is 4.94. The normalized spacial score (nSPS) is 14.5. The van der Waals surface area contributed by atoms with Crippen molar-refractivity contribution >= 4 is 11.8 Å². The quantitative estimate of drug-likeness (QED) is 0.904. The summed E-state index contributed by atoms with van der Waals surface area (Å²) in [5.41, 5.74) is 2.58. The van der Waals surface area contributed by atoms with Crippen LogP contribution in [0.15, 0.2) is 36.7 Å². The van der Waals surface area contributed by atoms with Gasteiger partial charge in [-0.05, 0) is 24.0 Å². The minimum Gasteiger partial charge on any atom is -0.476 e. The van der Waals surface area contributed by atoms with Gasteiger partial charge in [-0.15, -0.1) is 0 Å². The number of rotatable bonds is 2. The third-order valence-electron chi connectivity index (χ3n) is 3.53. The van der Waals surface area contributed by atoms with Gasteiger partial charge >= 0.3 is 5.97 Å². The van der Waals surface area contributed by atoms with Gasteiger partial charge in [0.25, 0.3) is 0 Å². The second kappa shape index (κ2) is 5.28. The molecule has 2 heterocycles. The lowest BCUT2D eigenvalue weighted by molar-refractivity contribution is 0.0690. The van der Waals surface area contributed by atoms with E-state index in [-0.39, 0.29) is 5.69 Å². The molecule has 2 aromatic rings. The van der Waals surface area contributed by atoms with Gasteiger partial charge in [0, 0.05) is 25.5 Å². The molecule has 5 nitrogen and oxygen atoms in total. The second-order valence-electron chi connectivity index (χ2n) is 4.83. The number of aromatic carboxylic acids is 1. The van der Waals surface area contributed by atoms with Crippen LogP contribution >= 0.6 is 0 Å². The first kappa shape index (κ1) is 12.6. The van der Waals surface area contributed by atoms with Crippen molar-refractivity contribution in [3.05, 3.63) is 53.5 Å². The molecule has 102 valence electrons. The number of benzene rings is 1. The first-order chi connectivity index (χ1) is 9.75. The molecular weight excluding hydrogens is 254 g/mol.